The van der Waals surface area contributed by atoms with E-state index in [4.69, 9.17) is 11.6 Å². The van der Waals surface area contributed by atoms with Crippen molar-refractivity contribution in [1.29, 1.82) is 5.26 Å². The molecule has 2 amide bonds. The van der Waals surface area contributed by atoms with Gasteiger partial charge in [0.25, 0.3) is 0 Å². The molecule has 1 aliphatic heterocycles. The summed E-state index contributed by atoms with van der Waals surface area (Å²) in [6.07, 6.45) is 2.19. The number of nitrogens with one attached hydrogen (secondary N) is 2. The van der Waals surface area contributed by atoms with Crippen LogP contribution in [0.1, 0.15) is 17.9 Å². The van der Waals surface area contributed by atoms with E-state index in [1.54, 1.807) is 30.0 Å². The van der Waals surface area contributed by atoms with Gasteiger partial charge in [-0.1, -0.05) is 51.4 Å². The van der Waals surface area contributed by atoms with Gasteiger partial charge >= 0.3 is 0 Å². The Balaban J connectivity index is 1.75. The number of nitrogens with zero attached hydrogens (tertiary/aromatic N) is 1. The number of hydrogen-bond donors (Lipinski definition) is 2. The summed E-state index contributed by atoms with van der Waals surface area (Å²) in [4.78, 5) is 25.7. The molecule has 1 heterocycles. The van der Waals surface area contributed by atoms with Crippen LogP contribution in [0.4, 0.5) is 5.69 Å². The SMILES string of the molecule is CSc1ccc([C@H]2CC(=O)NC(SCC(=O)Nc3ccc(Br)cc3Cl)=C2C#N)cc1. The fourth-order valence-corrected chi connectivity index (χ4v) is 4.97. The van der Waals surface area contributed by atoms with E-state index in [2.05, 4.69) is 32.6 Å². The Bertz CT molecular complexity index is 1050. The number of hydrogen-bond acceptors (Lipinski definition) is 5. The van der Waals surface area contributed by atoms with Crippen LogP contribution in [0.2, 0.25) is 5.02 Å². The minimum Gasteiger partial charge on any atom is -0.324 e. The smallest absolute Gasteiger partial charge is 0.234 e. The number of halogens is 2. The number of rotatable bonds is 6. The van der Waals surface area contributed by atoms with Crippen LogP contribution < -0.4 is 10.6 Å². The van der Waals surface area contributed by atoms with Crippen LogP contribution in [0, 0.1) is 11.3 Å². The highest BCUT2D eigenvalue weighted by atomic mass is 79.9. The highest BCUT2D eigenvalue weighted by molar-refractivity contribution is 9.10. The van der Waals surface area contributed by atoms with E-state index >= 15 is 0 Å². The van der Waals surface area contributed by atoms with Gasteiger partial charge in [0.15, 0.2) is 0 Å². The molecule has 0 aromatic heterocycles. The van der Waals surface area contributed by atoms with Crippen LogP contribution in [-0.2, 0) is 9.59 Å². The standard InChI is InChI=1S/C21H17BrClN3O2S2/c1-29-14-5-2-12(3-6-14)15-9-19(27)26-21(16(15)10-24)30-11-20(28)25-18-7-4-13(22)8-17(18)23/h2-8,15H,9,11H2,1H3,(H,25,28)(H,26,27)/t15-/m1/s1. The predicted molar refractivity (Wildman–Crippen MR) is 127 cm³/mol. The van der Waals surface area contributed by atoms with Crippen molar-refractivity contribution in [3.63, 3.8) is 0 Å². The van der Waals surface area contributed by atoms with Gasteiger partial charge in [0.1, 0.15) is 0 Å². The van der Waals surface area contributed by atoms with Gasteiger partial charge in [-0.2, -0.15) is 5.26 Å². The largest absolute Gasteiger partial charge is 0.324 e. The highest BCUT2D eigenvalue weighted by Gasteiger charge is 2.29. The maximum atomic E-state index is 12.4. The number of benzene rings is 2. The van der Waals surface area contributed by atoms with Crippen LogP contribution in [0.25, 0.3) is 0 Å². The molecule has 30 heavy (non-hydrogen) atoms. The summed E-state index contributed by atoms with van der Waals surface area (Å²) in [5, 5.41) is 16.1. The van der Waals surface area contributed by atoms with Crippen LogP contribution in [0.3, 0.4) is 0 Å². The first kappa shape index (κ1) is 22.8. The van der Waals surface area contributed by atoms with Crippen molar-refractivity contribution < 1.29 is 9.59 Å². The molecule has 0 saturated heterocycles. The highest BCUT2D eigenvalue weighted by Crippen LogP contribution is 2.36. The van der Waals surface area contributed by atoms with Crippen molar-refractivity contribution in [2.75, 3.05) is 17.3 Å². The second-order valence-corrected chi connectivity index (χ2v) is 9.58. The lowest BCUT2D eigenvalue weighted by Crippen LogP contribution is -2.31. The number of nitriles is 1. The number of thioether (sulfide) groups is 2. The zero-order chi connectivity index (χ0) is 21.7. The van der Waals surface area contributed by atoms with Gasteiger partial charge in [-0.3, -0.25) is 9.59 Å². The third-order valence-electron chi connectivity index (χ3n) is 4.43. The normalized spacial score (nSPS) is 16.1. The predicted octanol–water partition coefficient (Wildman–Crippen LogP) is 5.53. The first-order valence-electron chi connectivity index (χ1n) is 8.87. The van der Waals surface area contributed by atoms with Crippen molar-refractivity contribution in [1.82, 2.24) is 5.32 Å². The average Bonchev–Trinajstić information content (AvgIpc) is 2.74. The first-order valence-corrected chi connectivity index (χ1v) is 12.2. The van der Waals surface area contributed by atoms with Gasteiger partial charge in [-0.05, 0) is 42.2 Å². The van der Waals surface area contributed by atoms with Crippen LogP contribution in [0.15, 0.2) is 62.4 Å². The molecule has 1 aliphatic rings. The topological polar surface area (TPSA) is 82.0 Å². The third kappa shape index (κ3) is 5.61. The molecule has 0 unspecified atom stereocenters. The minimum absolute atomic E-state index is 0.0331. The molecule has 2 aromatic carbocycles. The number of anilines is 1. The molecular weight excluding hydrogens is 506 g/mol. The quantitative estimate of drug-likeness (QED) is 0.487. The molecule has 9 heteroatoms. The number of amides is 2. The zero-order valence-electron chi connectivity index (χ0n) is 15.9. The minimum atomic E-state index is -0.328. The monoisotopic (exact) mass is 521 g/mol. The summed E-state index contributed by atoms with van der Waals surface area (Å²) in [5.74, 6) is -0.752. The fourth-order valence-electron chi connectivity index (χ4n) is 2.97. The number of allylic oxidation sites excluding steroid dienone is 1. The molecule has 0 spiro atoms. The Morgan fingerprint density at radius 3 is 2.70 bits per heavy atom. The molecule has 0 aliphatic carbocycles. The fraction of sp³-hybridized carbons (Fsp3) is 0.190. The van der Waals surface area contributed by atoms with E-state index < -0.39 is 0 Å². The Morgan fingerprint density at radius 2 is 2.07 bits per heavy atom. The molecule has 154 valence electrons. The van der Waals surface area contributed by atoms with E-state index in [9.17, 15) is 14.9 Å². The van der Waals surface area contributed by atoms with Crippen molar-refractivity contribution in [2.45, 2.75) is 17.2 Å². The molecule has 2 N–H and O–H groups in total. The van der Waals surface area contributed by atoms with Gasteiger partial charge in [-0.25, -0.2) is 0 Å². The first-order chi connectivity index (χ1) is 14.4. The summed E-state index contributed by atoms with van der Waals surface area (Å²) < 4.78 is 0.810. The maximum Gasteiger partial charge on any atom is 0.234 e. The molecule has 0 fully saturated rings. The average molecular weight is 523 g/mol. The van der Waals surface area contributed by atoms with Crippen LogP contribution in [0.5, 0.6) is 0 Å². The summed E-state index contributed by atoms with van der Waals surface area (Å²) in [5.41, 5.74) is 1.87. The molecule has 0 saturated carbocycles. The number of carbonyl (C=O) groups excluding carboxylic acids is 2. The van der Waals surface area contributed by atoms with Crippen molar-refractivity contribution in [2.24, 2.45) is 0 Å². The molecule has 1 atom stereocenters. The molecule has 5 nitrogen and oxygen atoms in total. The molecule has 0 bridgehead atoms. The van der Waals surface area contributed by atoms with Gasteiger partial charge in [0.2, 0.25) is 11.8 Å². The number of carbonyl (C=O) groups is 2. The second kappa shape index (κ2) is 10.4. The van der Waals surface area contributed by atoms with Gasteiger partial charge in [-0.15, -0.1) is 11.8 Å². The van der Waals surface area contributed by atoms with Gasteiger partial charge < -0.3 is 10.6 Å². The Morgan fingerprint density at radius 1 is 1.33 bits per heavy atom. The van der Waals surface area contributed by atoms with E-state index in [-0.39, 0.29) is 29.9 Å². The zero-order valence-corrected chi connectivity index (χ0v) is 19.8. The summed E-state index contributed by atoms with van der Waals surface area (Å²) in [6, 6.07) is 15.2. The van der Waals surface area contributed by atoms with Gasteiger partial charge in [0, 0.05) is 21.7 Å². The van der Waals surface area contributed by atoms with Crippen LogP contribution >= 0.6 is 51.1 Å². The van der Waals surface area contributed by atoms with Crippen LogP contribution in [-0.4, -0.2) is 23.8 Å². The van der Waals surface area contributed by atoms with Crippen molar-refractivity contribution in [3.05, 3.63) is 68.1 Å². The second-order valence-electron chi connectivity index (χ2n) is 6.39. The van der Waals surface area contributed by atoms with E-state index in [0.717, 1.165) is 26.7 Å². The van der Waals surface area contributed by atoms with E-state index in [0.29, 0.717) is 21.3 Å². The maximum absolute atomic E-state index is 12.4. The Hall–Kier alpha value is -1.92. The lowest BCUT2D eigenvalue weighted by molar-refractivity contribution is -0.121. The summed E-state index contributed by atoms with van der Waals surface area (Å²) in [6.45, 7) is 0. The van der Waals surface area contributed by atoms with Crippen molar-refractivity contribution >= 4 is 68.6 Å². The van der Waals surface area contributed by atoms with Gasteiger partial charge in [0.05, 0.1) is 33.1 Å². The third-order valence-corrected chi connectivity index (χ3v) is 6.99. The molecule has 0 radical (unpaired) electrons. The summed E-state index contributed by atoms with van der Waals surface area (Å²) in [7, 11) is 0. The van der Waals surface area contributed by atoms with E-state index in [1.165, 1.54) is 0 Å². The lowest BCUT2D eigenvalue weighted by atomic mass is 9.87. The Kier molecular flexibility index (Phi) is 7.89. The van der Waals surface area contributed by atoms with Crippen molar-refractivity contribution in [3.8, 4) is 6.07 Å². The summed E-state index contributed by atoms with van der Waals surface area (Å²) >= 11 is 12.2. The van der Waals surface area contributed by atoms with E-state index in [1.807, 2.05) is 30.5 Å². The Labute approximate surface area is 196 Å². The molecular formula is C21H17BrClN3O2S2. The molecule has 2 aromatic rings. The lowest BCUT2D eigenvalue weighted by Gasteiger charge is -2.25. The molecule has 3 rings (SSSR count).